The van der Waals surface area contributed by atoms with Crippen LogP contribution in [-0.4, -0.2) is 28.6 Å². The lowest BCUT2D eigenvalue weighted by Gasteiger charge is -2.05. The van der Waals surface area contributed by atoms with Crippen molar-refractivity contribution in [3.8, 4) is 0 Å². The molecule has 1 aromatic heterocycles. The van der Waals surface area contributed by atoms with Crippen molar-refractivity contribution in [2.45, 2.75) is 6.92 Å². The molecule has 20 heavy (non-hydrogen) atoms. The lowest BCUT2D eigenvalue weighted by molar-refractivity contribution is 0.0958. The zero-order valence-corrected chi connectivity index (χ0v) is 11.6. The summed E-state index contributed by atoms with van der Waals surface area (Å²) < 4.78 is 1.48. The number of amides is 2. The number of nitrogens with one attached hydrogen (secondary N) is 2. The van der Waals surface area contributed by atoms with Gasteiger partial charge in [-0.05, 0) is 19.1 Å². The lowest BCUT2D eigenvalue weighted by atomic mass is 10.1. The molecule has 0 aliphatic rings. The fourth-order valence-electron chi connectivity index (χ4n) is 1.85. The minimum absolute atomic E-state index is 0.191. The Bertz CT molecular complexity index is 661. The Kier molecular flexibility index (Phi) is 3.84. The Morgan fingerprint density at radius 1 is 1.25 bits per heavy atom. The van der Waals surface area contributed by atoms with Crippen LogP contribution in [0, 0.1) is 6.92 Å². The molecular formula is C14H16N4O2. The number of hydrogen-bond donors (Lipinski definition) is 2. The number of carbonyl (C=O) groups excluding carboxylic acids is 2. The monoisotopic (exact) mass is 272 g/mol. The summed E-state index contributed by atoms with van der Waals surface area (Å²) in [6.07, 6.45) is 1.60. The minimum Gasteiger partial charge on any atom is -0.354 e. The van der Waals surface area contributed by atoms with E-state index in [9.17, 15) is 9.59 Å². The van der Waals surface area contributed by atoms with Crippen molar-refractivity contribution in [3.05, 3.63) is 47.3 Å². The highest BCUT2D eigenvalue weighted by molar-refractivity contribution is 6.08. The fraction of sp³-hybridized carbons (Fsp3) is 0.214. The summed E-state index contributed by atoms with van der Waals surface area (Å²) in [4.78, 5) is 23.8. The second kappa shape index (κ2) is 5.56. The molecule has 0 bridgehead atoms. The van der Waals surface area contributed by atoms with Crippen molar-refractivity contribution in [2.24, 2.45) is 7.05 Å². The SMILES string of the molecule is CNC(=O)c1nn(C)cc1NC(=O)c1cccc(C)c1. The Balaban J connectivity index is 2.26. The van der Waals surface area contributed by atoms with Crippen molar-refractivity contribution in [1.82, 2.24) is 15.1 Å². The van der Waals surface area contributed by atoms with Gasteiger partial charge in [-0.15, -0.1) is 0 Å². The molecule has 0 aliphatic carbocycles. The predicted octanol–water partition coefficient (Wildman–Crippen LogP) is 1.34. The Labute approximate surface area is 116 Å². The highest BCUT2D eigenvalue weighted by Gasteiger charge is 2.17. The van der Waals surface area contributed by atoms with E-state index in [0.717, 1.165) is 5.56 Å². The van der Waals surface area contributed by atoms with Crippen LogP contribution in [0.25, 0.3) is 0 Å². The van der Waals surface area contributed by atoms with E-state index in [1.165, 1.54) is 11.7 Å². The van der Waals surface area contributed by atoms with Gasteiger partial charge in [0.1, 0.15) is 0 Å². The average molecular weight is 272 g/mol. The van der Waals surface area contributed by atoms with Crippen LogP contribution in [0.2, 0.25) is 0 Å². The third-order valence-electron chi connectivity index (χ3n) is 2.80. The minimum atomic E-state index is -0.342. The molecule has 0 fully saturated rings. The largest absolute Gasteiger partial charge is 0.354 e. The van der Waals surface area contributed by atoms with Gasteiger partial charge < -0.3 is 10.6 Å². The van der Waals surface area contributed by atoms with Crippen LogP contribution in [0.15, 0.2) is 30.5 Å². The summed E-state index contributed by atoms with van der Waals surface area (Å²) in [6, 6.07) is 7.23. The highest BCUT2D eigenvalue weighted by atomic mass is 16.2. The molecule has 0 saturated heterocycles. The highest BCUT2D eigenvalue weighted by Crippen LogP contribution is 2.15. The zero-order valence-electron chi connectivity index (χ0n) is 11.6. The number of benzene rings is 1. The van der Waals surface area contributed by atoms with Gasteiger partial charge >= 0.3 is 0 Å². The van der Waals surface area contributed by atoms with E-state index in [-0.39, 0.29) is 17.5 Å². The van der Waals surface area contributed by atoms with Gasteiger partial charge in [-0.3, -0.25) is 14.3 Å². The van der Waals surface area contributed by atoms with E-state index < -0.39 is 0 Å². The smallest absolute Gasteiger partial charge is 0.273 e. The van der Waals surface area contributed by atoms with Crippen molar-refractivity contribution in [3.63, 3.8) is 0 Å². The lowest BCUT2D eigenvalue weighted by Crippen LogP contribution is -2.21. The van der Waals surface area contributed by atoms with Crippen LogP contribution in [0.4, 0.5) is 5.69 Å². The van der Waals surface area contributed by atoms with Crippen LogP contribution in [0.1, 0.15) is 26.4 Å². The van der Waals surface area contributed by atoms with Crippen LogP contribution < -0.4 is 10.6 Å². The third kappa shape index (κ3) is 2.85. The number of aryl methyl sites for hydroxylation is 2. The first-order valence-electron chi connectivity index (χ1n) is 6.15. The summed E-state index contributed by atoms with van der Waals surface area (Å²) >= 11 is 0. The van der Waals surface area contributed by atoms with Gasteiger partial charge in [0, 0.05) is 25.9 Å². The first-order valence-corrected chi connectivity index (χ1v) is 6.15. The molecule has 0 unspecified atom stereocenters. The van der Waals surface area contributed by atoms with E-state index in [2.05, 4.69) is 15.7 Å². The maximum atomic E-state index is 12.2. The van der Waals surface area contributed by atoms with Crippen LogP contribution >= 0.6 is 0 Å². The number of rotatable bonds is 3. The molecule has 0 spiro atoms. The molecule has 2 N–H and O–H groups in total. The fourth-order valence-corrected chi connectivity index (χ4v) is 1.85. The summed E-state index contributed by atoms with van der Waals surface area (Å²) in [5, 5.41) is 9.23. The molecule has 1 heterocycles. The first-order chi connectivity index (χ1) is 9.51. The molecule has 0 atom stereocenters. The van der Waals surface area contributed by atoms with Crippen molar-refractivity contribution in [2.75, 3.05) is 12.4 Å². The second-order valence-corrected chi connectivity index (χ2v) is 4.47. The molecule has 2 aromatic rings. The molecule has 0 radical (unpaired) electrons. The first kappa shape index (κ1) is 13.8. The van der Waals surface area contributed by atoms with Crippen LogP contribution in [0.3, 0.4) is 0 Å². The van der Waals surface area contributed by atoms with Gasteiger partial charge in [-0.25, -0.2) is 0 Å². The molecule has 2 amide bonds. The topological polar surface area (TPSA) is 76.0 Å². The molecule has 104 valence electrons. The summed E-state index contributed by atoms with van der Waals surface area (Å²) in [5.74, 6) is -0.614. The standard InChI is InChI=1S/C14H16N4O2/c1-9-5-4-6-10(7-9)13(19)16-11-8-18(3)17-12(11)14(20)15-2/h4-8H,1-3H3,(H,15,20)(H,16,19). The van der Waals surface area contributed by atoms with E-state index in [4.69, 9.17) is 0 Å². The number of aromatic nitrogens is 2. The van der Waals surface area contributed by atoms with E-state index in [0.29, 0.717) is 11.3 Å². The summed E-state index contributed by atoms with van der Waals surface area (Å²) in [7, 11) is 3.21. The van der Waals surface area contributed by atoms with Gasteiger partial charge in [0.15, 0.2) is 5.69 Å². The molecule has 0 aliphatic heterocycles. The number of carbonyl (C=O) groups is 2. The Morgan fingerprint density at radius 2 is 2.00 bits per heavy atom. The Morgan fingerprint density at radius 3 is 2.65 bits per heavy atom. The van der Waals surface area contributed by atoms with E-state index in [1.807, 2.05) is 19.1 Å². The molecule has 0 saturated carbocycles. The molecule has 1 aromatic carbocycles. The van der Waals surface area contributed by atoms with Crippen molar-refractivity contribution < 1.29 is 9.59 Å². The van der Waals surface area contributed by atoms with Crippen molar-refractivity contribution >= 4 is 17.5 Å². The van der Waals surface area contributed by atoms with E-state index in [1.54, 1.807) is 25.4 Å². The number of hydrogen-bond acceptors (Lipinski definition) is 3. The second-order valence-electron chi connectivity index (χ2n) is 4.47. The zero-order chi connectivity index (χ0) is 14.7. The van der Waals surface area contributed by atoms with Crippen LogP contribution in [0.5, 0.6) is 0 Å². The van der Waals surface area contributed by atoms with Gasteiger partial charge in [-0.2, -0.15) is 5.10 Å². The molecular weight excluding hydrogens is 256 g/mol. The third-order valence-corrected chi connectivity index (χ3v) is 2.80. The van der Waals surface area contributed by atoms with Gasteiger partial charge in [0.25, 0.3) is 11.8 Å². The average Bonchev–Trinajstić information content (AvgIpc) is 2.78. The number of anilines is 1. The maximum Gasteiger partial charge on any atom is 0.273 e. The molecule has 6 nitrogen and oxygen atoms in total. The number of nitrogens with zero attached hydrogens (tertiary/aromatic N) is 2. The Hall–Kier alpha value is -2.63. The molecule has 2 rings (SSSR count). The van der Waals surface area contributed by atoms with Gasteiger partial charge in [0.2, 0.25) is 0 Å². The van der Waals surface area contributed by atoms with Gasteiger partial charge in [0.05, 0.1) is 5.69 Å². The van der Waals surface area contributed by atoms with Crippen molar-refractivity contribution in [1.29, 1.82) is 0 Å². The normalized spacial score (nSPS) is 10.2. The van der Waals surface area contributed by atoms with Gasteiger partial charge in [-0.1, -0.05) is 17.7 Å². The predicted molar refractivity (Wildman–Crippen MR) is 75.7 cm³/mol. The summed E-state index contributed by atoms with van der Waals surface area (Å²) in [5.41, 5.74) is 2.11. The maximum absolute atomic E-state index is 12.2. The van der Waals surface area contributed by atoms with E-state index >= 15 is 0 Å². The summed E-state index contributed by atoms with van der Waals surface area (Å²) in [6.45, 7) is 1.91. The molecule has 6 heteroatoms. The quantitative estimate of drug-likeness (QED) is 0.885. The van der Waals surface area contributed by atoms with Crippen LogP contribution in [-0.2, 0) is 7.05 Å².